The van der Waals surface area contributed by atoms with Gasteiger partial charge >= 0.3 is 0 Å². The Morgan fingerprint density at radius 2 is 1.65 bits per heavy atom. The van der Waals surface area contributed by atoms with E-state index in [2.05, 4.69) is 37.2 Å². The van der Waals surface area contributed by atoms with Gasteiger partial charge < -0.3 is 0 Å². The van der Waals surface area contributed by atoms with Gasteiger partial charge in [-0.1, -0.05) is 43.4 Å². The monoisotopic (exact) mass is 300 g/mol. The van der Waals surface area contributed by atoms with E-state index in [9.17, 15) is 4.39 Å². The van der Waals surface area contributed by atoms with E-state index < -0.39 is 8.07 Å². The van der Waals surface area contributed by atoms with E-state index in [0.717, 1.165) is 15.4 Å². The maximum absolute atomic E-state index is 12.9. The summed E-state index contributed by atoms with van der Waals surface area (Å²) in [5.41, 5.74) is 4.41. The summed E-state index contributed by atoms with van der Waals surface area (Å²) in [6.07, 6.45) is 0. The Labute approximate surface area is 125 Å². The fourth-order valence-electron chi connectivity index (χ4n) is 1.54. The molecule has 0 atom stereocenters. The molecule has 2 aromatic carbocycles. The van der Waals surface area contributed by atoms with Gasteiger partial charge in [0.05, 0.1) is 0 Å². The van der Waals surface area contributed by atoms with Crippen LogP contribution in [0.2, 0.25) is 19.6 Å². The lowest BCUT2D eigenvalue weighted by Crippen LogP contribution is -2.16. The topological polar surface area (TPSA) is 0 Å². The molecule has 20 heavy (non-hydrogen) atoms. The number of hydrogen-bond acceptors (Lipinski definition) is 1. The van der Waals surface area contributed by atoms with Gasteiger partial charge in [-0.05, 0) is 42.5 Å². The van der Waals surface area contributed by atoms with Crippen molar-refractivity contribution in [1.29, 1.82) is 0 Å². The zero-order valence-electron chi connectivity index (χ0n) is 11.9. The zero-order chi connectivity index (χ0) is 14.6. The van der Waals surface area contributed by atoms with Crippen molar-refractivity contribution < 1.29 is 4.39 Å². The highest BCUT2D eigenvalue weighted by Crippen LogP contribution is 2.28. The summed E-state index contributed by atoms with van der Waals surface area (Å²) < 4.78 is 12.9. The van der Waals surface area contributed by atoms with E-state index in [1.54, 1.807) is 23.9 Å². The third-order valence-corrected chi connectivity index (χ3v) is 4.34. The van der Waals surface area contributed by atoms with Gasteiger partial charge in [-0.15, -0.1) is 5.54 Å². The van der Waals surface area contributed by atoms with Crippen molar-refractivity contribution in [2.45, 2.75) is 29.4 Å². The van der Waals surface area contributed by atoms with Crippen LogP contribution in [0.5, 0.6) is 0 Å². The molecule has 0 unspecified atom stereocenters. The van der Waals surface area contributed by atoms with Crippen LogP contribution in [0.4, 0.5) is 4.39 Å². The Kier molecular flexibility index (Phi) is 4.69. The van der Waals surface area contributed by atoms with Crippen molar-refractivity contribution in [2.24, 2.45) is 0 Å². The summed E-state index contributed by atoms with van der Waals surface area (Å²) in [5, 5.41) is 0. The van der Waals surface area contributed by atoms with Crippen LogP contribution >= 0.6 is 11.8 Å². The molecule has 0 saturated carbocycles. The lowest BCUT2D eigenvalue weighted by Gasteiger charge is -2.04. The van der Waals surface area contributed by atoms with Crippen LogP contribution in [-0.4, -0.2) is 8.07 Å². The minimum absolute atomic E-state index is 0.205. The van der Waals surface area contributed by atoms with E-state index in [1.807, 2.05) is 18.2 Å². The molecule has 0 N–H and O–H groups in total. The number of rotatable bonds is 2. The molecule has 0 aliphatic heterocycles. The van der Waals surface area contributed by atoms with Crippen molar-refractivity contribution in [3.63, 3.8) is 0 Å². The van der Waals surface area contributed by atoms with Crippen LogP contribution in [0.1, 0.15) is 5.56 Å². The van der Waals surface area contributed by atoms with E-state index >= 15 is 0 Å². The van der Waals surface area contributed by atoms with Crippen LogP contribution in [0.3, 0.4) is 0 Å². The third-order valence-electron chi connectivity index (χ3n) is 2.47. The molecule has 0 bridgehead atoms. The SMILES string of the molecule is C[Si](C)(C)C#Cc1cccc(Sc2ccc(F)cc2)c1. The number of halogens is 1. The van der Waals surface area contributed by atoms with E-state index in [0.29, 0.717) is 0 Å². The molecular formula is C17H17FSSi. The number of hydrogen-bond donors (Lipinski definition) is 0. The molecule has 0 aliphatic carbocycles. The standard InChI is InChI=1S/C17H17FSSi/c1-20(2,3)12-11-14-5-4-6-17(13-14)19-16-9-7-15(18)8-10-16/h4-10,13H,1-3H3. The van der Waals surface area contributed by atoms with Crippen molar-refractivity contribution >= 4 is 19.8 Å². The highest BCUT2D eigenvalue weighted by atomic mass is 32.2. The molecule has 0 nitrogen and oxygen atoms in total. The van der Waals surface area contributed by atoms with Gasteiger partial charge in [-0.2, -0.15) is 0 Å². The van der Waals surface area contributed by atoms with Crippen molar-refractivity contribution in [3.8, 4) is 11.5 Å². The van der Waals surface area contributed by atoms with Crippen molar-refractivity contribution in [3.05, 3.63) is 59.9 Å². The average Bonchev–Trinajstić information content (AvgIpc) is 2.39. The predicted molar refractivity (Wildman–Crippen MR) is 87.2 cm³/mol. The first-order valence-corrected chi connectivity index (χ1v) is 10.8. The molecule has 0 aliphatic rings. The summed E-state index contributed by atoms with van der Waals surface area (Å²) in [5.74, 6) is 3.05. The average molecular weight is 300 g/mol. The van der Waals surface area contributed by atoms with Gasteiger partial charge in [-0.3, -0.25) is 0 Å². The van der Waals surface area contributed by atoms with Gasteiger partial charge in [-0.25, -0.2) is 4.39 Å². The van der Waals surface area contributed by atoms with Crippen LogP contribution in [0, 0.1) is 17.3 Å². The maximum Gasteiger partial charge on any atom is 0.129 e. The van der Waals surface area contributed by atoms with Gasteiger partial charge in [0.2, 0.25) is 0 Å². The smallest absolute Gasteiger partial charge is 0.129 e. The first-order chi connectivity index (χ1) is 9.42. The first-order valence-electron chi connectivity index (χ1n) is 6.49. The summed E-state index contributed by atoms with van der Waals surface area (Å²) in [6, 6.07) is 14.7. The fourth-order valence-corrected chi connectivity index (χ4v) is 2.93. The normalized spacial score (nSPS) is 10.8. The maximum atomic E-state index is 12.9. The molecule has 0 fully saturated rings. The Bertz CT molecular complexity index is 645. The first kappa shape index (κ1) is 14.9. The van der Waals surface area contributed by atoms with Crippen LogP contribution < -0.4 is 0 Å². The molecule has 0 saturated heterocycles. The highest BCUT2D eigenvalue weighted by Gasteiger charge is 2.07. The third kappa shape index (κ3) is 4.88. The highest BCUT2D eigenvalue weighted by molar-refractivity contribution is 7.99. The second kappa shape index (κ2) is 6.30. The second-order valence-corrected chi connectivity index (χ2v) is 11.5. The van der Waals surface area contributed by atoms with E-state index in [4.69, 9.17) is 0 Å². The summed E-state index contributed by atoms with van der Waals surface area (Å²) in [6.45, 7) is 6.70. The molecule has 2 aromatic rings. The predicted octanol–water partition coefficient (Wildman–Crippen LogP) is 5.21. The molecule has 0 amide bonds. The van der Waals surface area contributed by atoms with Crippen LogP contribution in [0.15, 0.2) is 58.3 Å². The van der Waals surface area contributed by atoms with Crippen LogP contribution in [-0.2, 0) is 0 Å². The lowest BCUT2D eigenvalue weighted by atomic mass is 10.2. The van der Waals surface area contributed by atoms with Crippen molar-refractivity contribution in [1.82, 2.24) is 0 Å². The molecule has 0 spiro atoms. The van der Waals surface area contributed by atoms with E-state index in [1.165, 1.54) is 12.1 Å². The second-order valence-electron chi connectivity index (χ2n) is 5.58. The van der Waals surface area contributed by atoms with E-state index in [-0.39, 0.29) is 5.82 Å². The molecule has 3 heteroatoms. The summed E-state index contributed by atoms with van der Waals surface area (Å²) in [7, 11) is -1.35. The summed E-state index contributed by atoms with van der Waals surface area (Å²) >= 11 is 1.62. The van der Waals surface area contributed by atoms with Gasteiger partial charge in [0.25, 0.3) is 0 Å². The van der Waals surface area contributed by atoms with Gasteiger partial charge in [0.1, 0.15) is 13.9 Å². The minimum Gasteiger partial charge on any atom is -0.207 e. The molecule has 0 radical (unpaired) electrons. The minimum atomic E-state index is -1.35. The Morgan fingerprint density at radius 1 is 0.950 bits per heavy atom. The Hall–Kier alpha value is -1.50. The van der Waals surface area contributed by atoms with Crippen molar-refractivity contribution in [2.75, 3.05) is 0 Å². The zero-order valence-corrected chi connectivity index (χ0v) is 13.7. The van der Waals surface area contributed by atoms with Gasteiger partial charge in [0.15, 0.2) is 0 Å². The Morgan fingerprint density at radius 3 is 2.30 bits per heavy atom. The fraction of sp³-hybridized carbons (Fsp3) is 0.176. The number of benzene rings is 2. The molecular weight excluding hydrogens is 283 g/mol. The molecule has 2 rings (SSSR count). The van der Waals surface area contributed by atoms with Gasteiger partial charge in [0, 0.05) is 15.4 Å². The molecule has 0 aromatic heterocycles. The molecule has 102 valence electrons. The quantitative estimate of drug-likeness (QED) is 0.542. The lowest BCUT2D eigenvalue weighted by molar-refractivity contribution is 0.626. The molecule has 0 heterocycles. The Balaban J connectivity index is 2.17. The van der Waals surface area contributed by atoms with Crippen LogP contribution in [0.25, 0.3) is 0 Å². The largest absolute Gasteiger partial charge is 0.207 e. The summed E-state index contributed by atoms with van der Waals surface area (Å²) in [4.78, 5) is 2.15.